The second-order valence-corrected chi connectivity index (χ2v) is 4.43. The number of nitrogens with zero attached hydrogens (tertiary/aromatic N) is 7. The molecule has 0 bridgehead atoms. The number of benzene rings is 1. The van der Waals surface area contributed by atoms with Crippen molar-refractivity contribution < 1.29 is 4.79 Å². The van der Waals surface area contributed by atoms with Crippen LogP contribution in [-0.2, 0) is 0 Å². The van der Waals surface area contributed by atoms with E-state index in [1.54, 1.807) is 12.3 Å². The first-order valence-electron chi connectivity index (χ1n) is 6.14. The number of H-pyrrole nitrogens is 1. The molecule has 0 amide bonds. The van der Waals surface area contributed by atoms with E-state index < -0.39 is 11.7 Å². The van der Waals surface area contributed by atoms with E-state index in [4.69, 9.17) is 11.3 Å². The van der Waals surface area contributed by atoms with Crippen molar-refractivity contribution in [3.63, 3.8) is 0 Å². The van der Waals surface area contributed by atoms with Crippen LogP contribution in [0.25, 0.3) is 5.53 Å². The van der Waals surface area contributed by atoms with Crippen LogP contribution in [0.4, 0.5) is 5.82 Å². The van der Waals surface area contributed by atoms with Gasteiger partial charge >= 0.3 is 5.84 Å². The summed E-state index contributed by atoms with van der Waals surface area (Å²) in [4.78, 5) is 3.14. The highest BCUT2D eigenvalue weighted by molar-refractivity contribution is 5.87. The average molecular weight is 281 g/mol. The molecule has 3 rings (SSSR count). The molecule has 21 heavy (non-hydrogen) atoms. The van der Waals surface area contributed by atoms with Crippen molar-refractivity contribution in [2.75, 3.05) is 0 Å². The standard InChI is InChI=1S/C12H11N9/c13-12(20-18-9-6-7-15-17-9)10(11(16-14)19-21-12)8-4-2-1-3-5-8/h1-7,10H,13H2,(H,15,17). The van der Waals surface area contributed by atoms with Gasteiger partial charge in [-0.25, -0.2) is 0 Å². The first-order chi connectivity index (χ1) is 10.2. The maximum Gasteiger partial charge on any atom is 0.414 e. The maximum absolute atomic E-state index is 9.07. The van der Waals surface area contributed by atoms with Crippen molar-refractivity contribution in [3.05, 3.63) is 53.7 Å². The van der Waals surface area contributed by atoms with Crippen LogP contribution in [0.3, 0.4) is 0 Å². The molecule has 9 nitrogen and oxygen atoms in total. The van der Waals surface area contributed by atoms with E-state index >= 15 is 0 Å². The van der Waals surface area contributed by atoms with Crippen molar-refractivity contribution >= 4 is 11.7 Å². The normalized spacial score (nSPS) is 24.6. The molecule has 2 heterocycles. The Morgan fingerprint density at radius 3 is 2.76 bits per heavy atom. The lowest BCUT2D eigenvalue weighted by Gasteiger charge is -2.17. The van der Waals surface area contributed by atoms with Gasteiger partial charge in [-0.05, 0) is 10.7 Å². The summed E-state index contributed by atoms with van der Waals surface area (Å²) in [5, 5.41) is 22.1. The zero-order valence-electron chi connectivity index (χ0n) is 10.8. The summed E-state index contributed by atoms with van der Waals surface area (Å²) in [6.45, 7) is 0. The highest BCUT2D eigenvalue weighted by Crippen LogP contribution is 2.36. The summed E-state index contributed by atoms with van der Waals surface area (Å²) >= 11 is 0. The Kier molecular flexibility index (Phi) is 3.19. The molecular weight excluding hydrogens is 270 g/mol. The lowest BCUT2D eigenvalue weighted by Crippen LogP contribution is -2.41. The van der Waals surface area contributed by atoms with E-state index in [2.05, 4.69) is 35.4 Å². The van der Waals surface area contributed by atoms with Gasteiger partial charge in [0.2, 0.25) is 0 Å². The molecule has 104 valence electrons. The van der Waals surface area contributed by atoms with Gasteiger partial charge in [0.05, 0.1) is 11.3 Å². The molecule has 0 saturated heterocycles. The summed E-state index contributed by atoms with van der Waals surface area (Å²) < 4.78 is 0. The number of aromatic nitrogens is 2. The summed E-state index contributed by atoms with van der Waals surface area (Å²) in [6.07, 6.45) is 1.54. The molecule has 0 spiro atoms. The number of amidine groups is 1. The van der Waals surface area contributed by atoms with Gasteiger partial charge in [0.25, 0.3) is 5.79 Å². The van der Waals surface area contributed by atoms with Crippen LogP contribution >= 0.6 is 0 Å². The third-order valence-corrected chi connectivity index (χ3v) is 3.04. The zero-order chi connectivity index (χ0) is 14.7. The van der Waals surface area contributed by atoms with Crippen molar-refractivity contribution in [2.45, 2.75) is 11.7 Å². The number of nitrogens with two attached hydrogens (primary N) is 1. The molecule has 1 aromatic carbocycles. The molecule has 1 aliphatic rings. The summed E-state index contributed by atoms with van der Waals surface area (Å²) in [5.74, 6) is -1.55. The van der Waals surface area contributed by atoms with E-state index in [0.29, 0.717) is 5.82 Å². The number of hydrogen-bond acceptors (Lipinski definition) is 5. The largest absolute Gasteiger partial charge is 0.497 e. The second kappa shape index (κ2) is 5.16. The molecule has 1 aromatic heterocycles. The predicted octanol–water partition coefficient (Wildman–Crippen LogP) is 1.98. The molecule has 1 aliphatic heterocycles. The number of nitrogens with one attached hydrogen (secondary N) is 1. The van der Waals surface area contributed by atoms with E-state index in [1.807, 2.05) is 30.3 Å². The van der Waals surface area contributed by atoms with Crippen molar-refractivity contribution in [2.24, 2.45) is 26.2 Å². The van der Waals surface area contributed by atoms with Crippen LogP contribution in [0.1, 0.15) is 11.5 Å². The Hall–Kier alpha value is -3.03. The number of azo groups is 2. The van der Waals surface area contributed by atoms with E-state index in [0.717, 1.165) is 5.56 Å². The van der Waals surface area contributed by atoms with Crippen LogP contribution in [0.2, 0.25) is 0 Å². The first-order valence-corrected chi connectivity index (χ1v) is 6.14. The van der Waals surface area contributed by atoms with Gasteiger partial charge in [0, 0.05) is 6.07 Å². The van der Waals surface area contributed by atoms with Gasteiger partial charge in [-0.2, -0.15) is 5.10 Å². The Morgan fingerprint density at radius 1 is 1.29 bits per heavy atom. The zero-order valence-corrected chi connectivity index (χ0v) is 10.8. The summed E-state index contributed by atoms with van der Waals surface area (Å²) in [7, 11) is 0. The fourth-order valence-electron chi connectivity index (χ4n) is 2.07. The Balaban J connectivity index is 2.00. The molecule has 2 unspecified atom stereocenters. The Labute approximate surface area is 119 Å². The minimum atomic E-state index is -1.46. The smallest absolute Gasteiger partial charge is 0.414 e. The second-order valence-electron chi connectivity index (χ2n) is 4.43. The van der Waals surface area contributed by atoms with Crippen LogP contribution in [0.15, 0.2) is 63.1 Å². The third-order valence-electron chi connectivity index (χ3n) is 3.04. The van der Waals surface area contributed by atoms with E-state index in [9.17, 15) is 0 Å². The Morgan fingerprint density at radius 2 is 2.10 bits per heavy atom. The quantitative estimate of drug-likeness (QED) is 0.655. The minimum Gasteiger partial charge on any atom is -0.497 e. The van der Waals surface area contributed by atoms with Gasteiger partial charge in [-0.1, -0.05) is 30.3 Å². The van der Waals surface area contributed by atoms with E-state index in [1.165, 1.54) is 0 Å². The van der Waals surface area contributed by atoms with Crippen LogP contribution in [0, 0.1) is 0 Å². The van der Waals surface area contributed by atoms with Crippen molar-refractivity contribution in [1.82, 2.24) is 10.2 Å². The molecular formula is C12H11N9. The first kappa shape index (κ1) is 13.0. The lowest BCUT2D eigenvalue weighted by molar-refractivity contribution is -0.0117. The summed E-state index contributed by atoms with van der Waals surface area (Å²) in [6, 6.07) is 10.9. The van der Waals surface area contributed by atoms with Crippen molar-refractivity contribution in [3.8, 4) is 0 Å². The molecule has 0 fully saturated rings. The monoisotopic (exact) mass is 281 g/mol. The number of aromatic amines is 1. The molecule has 0 saturated carbocycles. The van der Waals surface area contributed by atoms with Gasteiger partial charge in [0.15, 0.2) is 11.7 Å². The minimum absolute atomic E-state index is 0.0901. The lowest BCUT2D eigenvalue weighted by atomic mass is 9.93. The molecule has 0 aliphatic carbocycles. The van der Waals surface area contributed by atoms with Gasteiger partial charge in [-0.15, -0.1) is 10.2 Å². The van der Waals surface area contributed by atoms with Crippen LogP contribution in [0.5, 0.6) is 0 Å². The highest BCUT2D eigenvalue weighted by atomic mass is 15.4. The number of rotatable bonds is 3. The number of hydrogen-bond donors (Lipinski definition) is 2. The van der Waals surface area contributed by atoms with Crippen LogP contribution in [-0.4, -0.2) is 26.6 Å². The topological polar surface area (TPSA) is 141 Å². The predicted molar refractivity (Wildman–Crippen MR) is 72.7 cm³/mol. The average Bonchev–Trinajstić information content (AvgIpc) is 3.14. The van der Waals surface area contributed by atoms with Gasteiger partial charge in [0.1, 0.15) is 0 Å². The fraction of sp³-hybridized carbons (Fsp3) is 0.167. The third kappa shape index (κ3) is 2.38. The van der Waals surface area contributed by atoms with Gasteiger partial charge in [-0.3, -0.25) is 10.8 Å². The SMILES string of the molecule is [N-]=[N+]=C1N=NC(N)(N=Nc2ccn[nH]2)C1c1ccccc1. The molecule has 9 heteroatoms. The molecule has 2 atom stereocenters. The van der Waals surface area contributed by atoms with Crippen LogP contribution < -0.4 is 5.73 Å². The highest BCUT2D eigenvalue weighted by Gasteiger charge is 2.52. The molecule has 3 N–H and O–H groups in total. The Bertz CT molecular complexity index is 727. The van der Waals surface area contributed by atoms with Gasteiger partial charge < -0.3 is 10.3 Å². The maximum atomic E-state index is 9.07. The van der Waals surface area contributed by atoms with E-state index in [-0.39, 0.29) is 5.84 Å². The van der Waals surface area contributed by atoms with Crippen molar-refractivity contribution in [1.29, 1.82) is 0 Å². The molecule has 0 radical (unpaired) electrons. The fourth-order valence-corrected chi connectivity index (χ4v) is 2.07. The molecule has 2 aromatic rings. The summed E-state index contributed by atoms with van der Waals surface area (Å²) in [5.41, 5.74) is 16.0.